The highest BCUT2D eigenvalue weighted by atomic mass is 16.3. The van der Waals surface area contributed by atoms with Crippen molar-refractivity contribution in [1.82, 2.24) is 15.5 Å². The maximum atomic E-state index is 5.97. The average molecular weight is 364 g/mol. The molecule has 2 N–H and O–H groups in total. The van der Waals surface area contributed by atoms with Gasteiger partial charge >= 0.3 is 0 Å². The number of fused-ring (bicyclic) bond motifs is 1. The minimum Gasteiger partial charge on any atom is -0.459 e. The second-order valence-corrected chi connectivity index (χ2v) is 6.93. The first kappa shape index (κ1) is 19.0. The van der Waals surface area contributed by atoms with E-state index in [1.54, 1.807) is 7.05 Å². The maximum absolute atomic E-state index is 5.97. The molecule has 1 heterocycles. The molecule has 0 fully saturated rings. The van der Waals surface area contributed by atoms with Gasteiger partial charge in [-0.25, -0.2) is 0 Å². The summed E-state index contributed by atoms with van der Waals surface area (Å²) in [6.45, 7) is 4.33. The number of furan rings is 1. The Hall–Kier alpha value is -2.79. The molecule has 0 bridgehead atoms. The van der Waals surface area contributed by atoms with E-state index < -0.39 is 0 Å². The molecule has 5 heteroatoms. The van der Waals surface area contributed by atoms with E-state index in [1.807, 2.05) is 18.2 Å². The second-order valence-electron chi connectivity index (χ2n) is 6.93. The van der Waals surface area contributed by atoms with Crippen LogP contribution in [0.1, 0.15) is 22.5 Å². The number of nitrogens with zero attached hydrogens (tertiary/aromatic N) is 2. The van der Waals surface area contributed by atoms with Crippen molar-refractivity contribution >= 4 is 16.9 Å². The summed E-state index contributed by atoms with van der Waals surface area (Å²) in [6, 6.07) is 16.6. The molecule has 0 radical (unpaired) electrons. The SMILES string of the molecule is CN=C(NCc1ccccc1CN(C)C)NCc1oc2ccccc2c1C. The third kappa shape index (κ3) is 4.68. The number of hydrogen-bond acceptors (Lipinski definition) is 3. The van der Waals surface area contributed by atoms with Gasteiger partial charge in [0.1, 0.15) is 11.3 Å². The van der Waals surface area contributed by atoms with Crippen LogP contribution >= 0.6 is 0 Å². The molecule has 1 aromatic heterocycles. The Morgan fingerprint density at radius 3 is 2.33 bits per heavy atom. The van der Waals surface area contributed by atoms with Crippen LogP contribution in [0.2, 0.25) is 0 Å². The molecule has 142 valence electrons. The van der Waals surface area contributed by atoms with E-state index in [0.29, 0.717) is 6.54 Å². The molecule has 0 spiro atoms. The zero-order chi connectivity index (χ0) is 19.2. The monoisotopic (exact) mass is 364 g/mol. The number of aryl methyl sites for hydroxylation is 1. The number of aliphatic imine (C=N–C) groups is 1. The molecule has 0 atom stereocenters. The van der Waals surface area contributed by atoms with Crippen LogP contribution in [0.5, 0.6) is 0 Å². The molecule has 3 rings (SSSR count). The zero-order valence-corrected chi connectivity index (χ0v) is 16.5. The van der Waals surface area contributed by atoms with Gasteiger partial charge in [-0.2, -0.15) is 0 Å². The van der Waals surface area contributed by atoms with Gasteiger partial charge in [-0.05, 0) is 38.2 Å². The van der Waals surface area contributed by atoms with Gasteiger partial charge in [0.2, 0.25) is 0 Å². The van der Waals surface area contributed by atoms with Crippen LogP contribution in [-0.4, -0.2) is 32.0 Å². The molecule has 27 heavy (non-hydrogen) atoms. The van der Waals surface area contributed by atoms with Crippen molar-refractivity contribution < 1.29 is 4.42 Å². The maximum Gasteiger partial charge on any atom is 0.191 e. The van der Waals surface area contributed by atoms with Crippen LogP contribution in [0.25, 0.3) is 11.0 Å². The fraction of sp³-hybridized carbons (Fsp3) is 0.318. The predicted octanol–water partition coefficient (Wildman–Crippen LogP) is 3.67. The van der Waals surface area contributed by atoms with E-state index in [2.05, 4.69) is 71.9 Å². The van der Waals surface area contributed by atoms with E-state index >= 15 is 0 Å². The van der Waals surface area contributed by atoms with Crippen LogP contribution in [0.3, 0.4) is 0 Å². The Morgan fingerprint density at radius 2 is 1.63 bits per heavy atom. The summed E-state index contributed by atoms with van der Waals surface area (Å²) in [5, 5.41) is 7.92. The summed E-state index contributed by atoms with van der Waals surface area (Å²) in [5.41, 5.74) is 4.69. The van der Waals surface area contributed by atoms with E-state index in [-0.39, 0.29) is 0 Å². The molecule has 0 amide bonds. The van der Waals surface area contributed by atoms with E-state index in [0.717, 1.165) is 35.8 Å². The number of hydrogen-bond donors (Lipinski definition) is 2. The van der Waals surface area contributed by atoms with E-state index in [1.165, 1.54) is 16.7 Å². The molecule has 0 aliphatic rings. The lowest BCUT2D eigenvalue weighted by molar-refractivity contribution is 0.400. The van der Waals surface area contributed by atoms with Crippen LogP contribution in [0.15, 0.2) is 57.9 Å². The highest BCUT2D eigenvalue weighted by molar-refractivity contribution is 5.83. The molecule has 5 nitrogen and oxygen atoms in total. The van der Waals surface area contributed by atoms with Crippen LogP contribution in [0, 0.1) is 6.92 Å². The van der Waals surface area contributed by atoms with Crippen molar-refractivity contribution in [3.63, 3.8) is 0 Å². The Kier molecular flexibility index (Phi) is 6.14. The zero-order valence-electron chi connectivity index (χ0n) is 16.5. The molecular formula is C22H28N4O. The number of guanidine groups is 1. The fourth-order valence-electron chi connectivity index (χ4n) is 3.18. The van der Waals surface area contributed by atoms with Crippen LogP contribution in [-0.2, 0) is 19.6 Å². The molecule has 2 aromatic carbocycles. The third-order valence-electron chi connectivity index (χ3n) is 4.63. The number of benzene rings is 2. The predicted molar refractivity (Wildman–Crippen MR) is 112 cm³/mol. The van der Waals surface area contributed by atoms with Gasteiger partial charge in [0.05, 0.1) is 6.54 Å². The lowest BCUT2D eigenvalue weighted by atomic mass is 10.1. The topological polar surface area (TPSA) is 52.8 Å². The normalized spacial score (nSPS) is 12.0. The minimum atomic E-state index is 0.597. The highest BCUT2D eigenvalue weighted by Crippen LogP contribution is 2.24. The lowest BCUT2D eigenvalue weighted by Gasteiger charge is -2.16. The summed E-state index contributed by atoms with van der Waals surface area (Å²) in [4.78, 5) is 6.51. The quantitative estimate of drug-likeness (QED) is 0.518. The summed E-state index contributed by atoms with van der Waals surface area (Å²) in [7, 11) is 5.95. The van der Waals surface area contributed by atoms with Gasteiger partial charge in [-0.1, -0.05) is 42.5 Å². The van der Waals surface area contributed by atoms with Gasteiger partial charge in [0.25, 0.3) is 0 Å². The molecule has 0 saturated heterocycles. The van der Waals surface area contributed by atoms with Crippen molar-refractivity contribution in [1.29, 1.82) is 0 Å². The van der Waals surface area contributed by atoms with Crippen molar-refractivity contribution in [3.8, 4) is 0 Å². The largest absolute Gasteiger partial charge is 0.459 e. The smallest absolute Gasteiger partial charge is 0.191 e. The Morgan fingerprint density at radius 1 is 0.963 bits per heavy atom. The Balaban J connectivity index is 1.62. The summed E-state index contributed by atoms with van der Waals surface area (Å²) < 4.78 is 5.97. The van der Waals surface area contributed by atoms with E-state index in [9.17, 15) is 0 Å². The fourth-order valence-corrected chi connectivity index (χ4v) is 3.18. The molecular weight excluding hydrogens is 336 g/mol. The standard InChI is InChI=1S/C22H28N4O/c1-16-19-11-7-8-12-20(19)27-21(16)14-25-22(23-2)24-13-17-9-5-6-10-18(17)15-26(3)4/h5-12H,13-15H2,1-4H3,(H2,23,24,25). The van der Waals surface area contributed by atoms with Gasteiger partial charge in [0, 0.05) is 31.1 Å². The molecule has 0 saturated carbocycles. The van der Waals surface area contributed by atoms with E-state index in [4.69, 9.17) is 4.42 Å². The van der Waals surface area contributed by atoms with Crippen LogP contribution < -0.4 is 10.6 Å². The Bertz CT molecular complexity index is 927. The first-order valence-electron chi connectivity index (χ1n) is 9.21. The van der Waals surface area contributed by atoms with Crippen molar-refractivity contribution in [2.45, 2.75) is 26.6 Å². The minimum absolute atomic E-state index is 0.597. The van der Waals surface area contributed by atoms with Gasteiger partial charge in [-0.3, -0.25) is 4.99 Å². The Labute approximate surface area is 161 Å². The average Bonchev–Trinajstić information content (AvgIpc) is 2.99. The van der Waals surface area contributed by atoms with Gasteiger partial charge in [-0.15, -0.1) is 0 Å². The molecule has 0 aliphatic carbocycles. The van der Waals surface area contributed by atoms with Crippen LogP contribution in [0.4, 0.5) is 0 Å². The van der Waals surface area contributed by atoms with Crippen molar-refractivity contribution in [2.24, 2.45) is 4.99 Å². The number of nitrogens with one attached hydrogen (secondary N) is 2. The van der Waals surface area contributed by atoms with Gasteiger partial charge in [0.15, 0.2) is 5.96 Å². The van der Waals surface area contributed by atoms with Gasteiger partial charge < -0.3 is 20.0 Å². The summed E-state index contributed by atoms with van der Waals surface area (Å²) in [6.07, 6.45) is 0. The van der Waals surface area contributed by atoms with Crippen molar-refractivity contribution in [2.75, 3.05) is 21.1 Å². The third-order valence-corrected chi connectivity index (χ3v) is 4.63. The summed E-state index contributed by atoms with van der Waals surface area (Å²) >= 11 is 0. The second kappa shape index (κ2) is 8.73. The first-order valence-corrected chi connectivity index (χ1v) is 9.21. The summed E-state index contributed by atoms with van der Waals surface area (Å²) in [5.74, 6) is 1.70. The molecule has 0 aliphatic heterocycles. The lowest BCUT2D eigenvalue weighted by Crippen LogP contribution is -2.36. The molecule has 3 aromatic rings. The highest BCUT2D eigenvalue weighted by Gasteiger charge is 2.10. The number of para-hydroxylation sites is 1. The number of rotatable bonds is 6. The molecule has 0 unspecified atom stereocenters. The first-order chi connectivity index (χ1) is 13.1. The van der Waals surface area contributed by atoms with Crippen molar-refractivity contribution in [3.05, 3.63) is 71.0 Å².